The van der Waals surface area contributed by atoms with E-state index in [1.165, 1.54) is 17.2 Å². The van der Waals surface area contributed by atoms with E-state index in [9.17, 15) is 14.0 Å². The van der Waals surface area contributed by atoms with Gasteiger partial charge in [-0.25, -0.2) is 9.37 Å². The van der Waals surface area contributed by atoms with E-state index in [1.807, 2.05) is 13.0 Å². The van der Waals surface area contributed by atoms with Crippen molar-refractivity contribution in [2.75, 3.05) is 17.6 Å². The highest BCUT2D eigenvalue weighted by Crippen LogP contribution is 2.35. The van der Waals surface area contributed by atoms with Crippen LogP contribution >= 0.6 is 0 Å². The molecule has 156 valence electrons. The molecule has 2 amide bonds. The van der Waals surface area contributed by atoms with Crippen molar-refractivity contribution in [3.8, 4) is 0 Å². The van der Waals surface area contributed by atoms with Crippen molar-refractivity contribution >= 4 is 34.2 Å². The van der Waals surface area contributed by atoms with Gasteiger partial charge < -0.3 is 16.0 Å². The maximum Gasteiger partial charge on any atom is 0.313 e. The molecule has 3 aromatic rings. The molecule has 0 aliphatic carbocycles. The molecular formula is C21H23FN6O2. The van der Waals surface area contributed by atoms with Crippen LogP contribution in [0.1, 0.15) is 36.9 Å². The summed E-state index contributed by atoms with van der Waals surface area (Å²) in [6.45, 7) is 4.21. The van der Waals surface area contributed by atoms with E-state index >= 15 is 0 Å². The number of benzene rings is 1. The van der Waals surface area contributed by atoms with E-state index < -0.39 is 17.6 Å². The summed E-state index contributed by atoms with van der Waals surface area (Å²) in [7, 11) is 0. The molecule has 2 atom stereocenters. The summed E-state index contributed by atoms with van der Waals surface area (Å²) in [6.07, 6.45) is 4.47. The van der Waals surface area contributed by atoms with Gasteiger partial charge in [-0.15, -0.1) is 0 Å². The van der Waals surface area contributed by atoms with Gasteiger partial charge in [0.1, 0.15) is 17.2 Å². The van der Waals surface area contributed by atoms with Gasteiger partial charge in [0.05, 0.1) is 24.1 Å². The Labute approximate surface area is 172 Å². The maximum absolute atomic E-state index is 14.5. The van der Waals surface area contributed by atoms with Crippen molar-refractivity contribution in [3.63, 3.8) is 0 Å². The number of halogens is 1. The summed E-state index contributed by atoms with van der Waals surface area (Å²) in [6, 6.07) is 4.49. The Morgan fingerprint density at radius 1 is 1.27 bits per heavy atom. The smallest absolute Gasteiger partial charge is 0.313 e. The Morgan fingerprint density at radius 3 is 2.83 bits per heavy atom. The molecule has 4 rings (SSSR count). The fraction of sp³-hybridized carbons (Fsp3) is 0.333. The molecule has 1 aromatic carbocycles. The molecule has 4 N–H and O–H groups in total. The van der Waals surface area contributed by atoms with Gasteiger partial charge >= 0.3 is 11.8 Å². The minimum absolute atomic E-state index is 0.237. The molecule has 1 aliphatic rings. The number of aromatic nitrogens is 3. The minimum atomic E-state index is -0.759. The second-order valence-corrected chi connectivity index (χ2v) is 7.87. The number of H-pyrrole nitrogens is 1. The number of hydrogen-bond acceptors (Lipinski definition) is 5. The third-order valence-electron chi connectivity index (χ3n) is 5.56. The monoisotopic (exact) mass is 410 g/mol. The van der Waals surface area contributed by atoms with Crippen LogP contribution in [0.3, 0.4) is 0 Å². The van der Waals surface area contributed by atoms with Crippen molar-refractivity contribution in [3.05, 3.63) is 47.5 Å². The van der Waals surface area contributed by atoms with Gasteiger partial charge in [0.2, 0.25) is 0 Å². The number of nitrogen functional groups attached to an aromatic ring is 1. The number of likely N-dealkylation sites (tertiary alicyclic amines) is 1. The molecular weight excluding hydrogens is 387 g/mol. The second kappa shape index (κ2) is 7.74. The summed E-state index contributed by atoms with van der Waals surface area (Å²) in [4.78, 5) is 31.2. The topological polar surface area (TPSA) is 117 Å². The summed E-state index contributed by atoms with van der Waals surface area (Å²) in [5, 5.41) is 9.73. The van der Waals surface area contributed by atoms with Crippen LogP contribution in [0.4, 0.5) is 15.9 Å². The molecule has 0 saturated carbocycles. The van der Waals surface area contributed by atoms with E-state index in [2.05, 4.69) is 20.5 Å². The lowest BCUT2D eigenvalue weighted by Gasteiger charge is -2.38. The van der Waals surface area contributed by atoms with Gasteiger partial charge in [-0.3, -0.25) is 14.7 Å². The highest BCUT2D eigenvalue weighted by atomic mass is 19.1. The van der Waals surface area contributed by atoms with Gasteiger partial charge in [0, 0.05) is 11.9 Å². The van der Waals surface area contributed by atoms with Gasteiger partial charge in [-0.1, -0.05) is 6.92 Å². The first-order valence-corrected chi connectivity index (χ1v) is 9.80. The van der Waals surface area contributed by atoms with Crippen LogP contribution in [0.5, 0.6) is 0 Å². The van der Waals surface area contributed by atoms with Gasteiger partial charge in [0.15, 0.2) is 0 Å². The number of nitrogens with one attached hydrogen (secondary N) is 2. The van der Waals surface area contributed by atoms with Crippen LogP contribution in [-0.4, -0.2) is 38.4 Å². The lowest BCUT2D eigenvalue weighted by Crippen LogP contribution is -2.46. The maximum atomic E-state index is 14.5. The molecule has 9 heteroatoms. The summed E-state index contributed by atoms with van der Waals surface area (Å²) >= 11 is 0. The second-order valence-electron chi connectivity index (χ2n) is 7.87. The molecule has 0 unspecified atom stereocenters. The van der Waals surface area contributed by atoms with Crippen molar-refractivity contribution in [1.82, 2.24) is 20.1 Å². The highest BCUT2D eigenvalue weighted by molar-refractivity contribution is 6.39. The van der Waals surface area contributed by atoms with Crippen molar-refractivity contribution in [1.29, 1.82) is 0 Å². The zero-order valence-electron chi connectivity index (χ0n) is 16.8. The fourth-order valence-corrected chi connectivity index (χ4v) is 3.92. The Kier molecular flexibility index (Phi) is 5.11. The Morgan fingerprint density at radius 2 is 2.07 bits per heavy atom. The summed E-state index contributed by atoms with van der Waals surface area (Å²) in [5.41, 5.74) is 7.78. The summed E-state index contributed by atoms with van der Waals surface area (Å²) < 4.78 is 14.5. The molecule has 3 heterocycles. The first-order chi connectivity index (χ1) is 14.3. The van der Waals surface area contributed by atoms with Crippen molar-refractivity contribution in [2.24, 2.45) is 5.92 Å². The predicted molar refractivity (Wildman–Crippen MR) is 111 cm³/mol. The number of carbonyl (C=O) groups excluding carboxylic acids is 2. The number of rotatable bonds is 2. The number of nitrogens with two attached hydrogens (primary N) is 1. The van der Waals surface area contributed by atoms with Crippen molar-refractivity contribution in [2.45, 2.75) is 32.7 Å². The quantitative estimate of drug-likeness (QED) is 0.562. The lowest BCUT2D eigenvalue weighted by molar-refractivity contribution is -0.146. The number of pyridine rings is 1. The van der Waals surface area contributed by atoms with Crippen LogP contribution in [0.25, 0.3) is 10.9 Å². The van der Waals surface area contributed by atoms with E-state index in [0.717, 1.165) is 6.42 Å². The van der Waals surface area contributed by atoms with E-state index in [-0.39, 0.29) is 12.0 Å². The molecule has 8 nitrogen and oxygen atoms in total. The summed E-state index contributed by atoms with van der Waals surface area (Å²) in [5.74, 6) is -1.25. The molecule has 1 aliphatic heterocycles. The van der Waals surface area contributed by atoms with Gasteiger partial charge in [-0.2, -0.15) is 5.10 Å². The van der Waals surface area contributed by atoms with Crippen LogP contribution in [-0.2, 0) is 9.59 Å². The number of piperidine rings is 1. The number of fused-ring (bicyclic) bond motifs is 1. The van der Waals surface area contributed by atoms with Gasteiger partial charge in [-0.05, 0) is 55.0 Å². The number of amides is 2. The van der Waals surface area contributed by atoms with Gasteiger partial charge in [0.25, 0.3) is 0 Å². The third kappa shape index (κ3) is 3.70. The molecule has 1 fully saturated rings. The molecule has 30 heavy (non-hydrogen) atoms. The minimum Gasteiger partial charge on any atom is -0.383 e. The SMILES string of the molecule is Cc1cc(NC(=O)C(=O)N2C[C@H](C)CC[C@H]2c2cc(F)c3[nH]ncc3c2)cnc1N. The number of hydrogen-bond donors (Lipinski definition) is 3. The standard InChI is InChI=1S/C21H23FN6O2/c1-11-3-4-17(13-6-14-8-25-27-18(14)16(22)7-13)28(10-11)21(30)20(29)26-15-5-12(2)19(23)24-9-15/h5-9,11,17H,3-4,10H2,1-2H3,(H2,23,24)(H,25,27)(H,26,29)/t11-,17+/m1/s1. The molecule has 1 saturated heterocycles. The van der Waals surface area contributed by atoms with E-state index in [0.29, 0.717) is 46.5 Å². The number of anilines is 2. The number of aryl methyl sites for hydroxylation is 1. The van der Waals surface area contributed by atoms with Crippen LogP contribution in [0, 0.1) is 18.7 Å². The zero-order chi connectivity index (χ0) is 21.4. The number of aromatic amines is 1. The first kappa shape index (κ1) is 19.8. The highest BCUT2D eigenvalue weighted by Gasteiger charge is 2.34. The largest absolute Gasteiger partial charge is 0.383 e. The lowest BCUT2D eigenvalue weighted by atomic mass is 9.89. The zero-order valence-corrected chi connectivity index (χ0v) is 16.8. The normalized spacial score (nSPS) is 19.1. The fourth-order valence-electron chi connectivity index (χ4n) is 3.92. The average Bonchev–Trinajstić information content (AvgIpc) is 3.19. The molecule has 0 radical (unpaired) electrons. The molecule has 2 aromatic heterocycles. The van der Waals surface area contributed by atoms with Crippen LogP contribution < -0.4 is 11.1 Å². The number of carbonyl (C=O) groups is 2. The Bertz CT molecular complexity index is 1130. The van der Waals surface area contributed by atoms with E-state index in [4.69, 9.17) is 5.73 Å². The predicted octanol–water partition coefficient (Wildman–Crippen LogP) is 2.93. The number of nitrogens with zero attached hydrogens (tertiary/aromatic N) is 3. The molecule has 0 spiro atoms. The average molecular weight is 410 g/mol. The van der Waals surface area contributed by atoms with Crippen LogP contribution in [0.15, 0.2) is 30.6 Å². The molecule has 0 bridgehead atoms. The third-order valence-corrected chi connectivity index (χ3v) is 5.56. The Hall–Kier alpha value is -3.49. The van der Waals surface area contributed by atoms with Crippen LogP contribution in [0.2, 0.25) is 0 Å². The first-order valence-electron chi connectivity index (χ1n) is 9.80. The van der Waals surface area contributed by atoms with E-state index in [1.54, 1.807) is 19.2 Å². The van der Waals surface area contributed by atoms with Crippen molar-refractivity contribution < 1.29 is 14.0 Å². The Balaban J connectivity index is 1.60.